The van der Waals surface area contributed by atoms with E-state index in [0.717, 1.165) is 35.2 Å². The molecular formula is C25H28N6O3. The third-order valence-corrected chi connectivity index (χ3v) is 5.38. The normalized spacial score (nSPS) is 10.9. The Morgan fingerprint density at radius 1 is 1.09 bits per heavy atom. The monoisotopic (exact) mass is 460 g/mol. The molecular weight excluding hydrogens is 432 g/mol. The number of carbonyl (C=O) groups excluding carboxylic acids is 1. The van der Waals surface area contributed by atoms with Crippen molar-refractivity contribution in [2.75, 3.05) is 30.0 Å². The van der Waals surface area contributed by atoms with Gasteiger partial charge in [-0.2, -0.15) is 4.98 Å². The summed E-state index contributed by atoms with van der Waals surface area (Å²) in [5.74, 6) is 1.33. The lowest BCUT2D eigenvalue weighted by molar-refractivity contribution is -0.107. The molecule has 0 atom stereocenters. The smallest absolute Gasteiger partial charge is 0.304 e. The number of anilines is 3. The molecule has 0 saturated heterocycles. The second kappa shape index (κ2) is 10.8. The van der Waals surface area contributed by atoms with Crippen LogP contribution in [0.4, 0.5) is 17.2 Å². The van der Waals surface area contributed by atoms with Crippen LogP contribution in [0.3, 0.4) is 0 Å². The van der Waals surface area contributed by atoms with Crippen LogP contribution in [0.5, 0.6) is 11.8 Å². The molecule has 0 aliphatic rings. The van der Waals surface area contributed by atoms with Crippen LogP contribution in [0.2, 0.25) is 0 Å². The summed E-state index contributed by atoms with van der Waals surface area (Å²) in [6.07, 6.45) is 6.92. The first-order chi connectivity index (χ1) is 16.7. The average molecular weight is 461 g/mol. The van der Waals surface area contributed by atoms with Gasteiger partial charge < -0.3 is 19.3 Å². The number of hydrogen-bond acceptors (Lipinski definition) is 7. The Morgan fingerprint density at radius 2 is 1.91 bits per heavy atom. The highest BCUT2D eigenvalue weighted by Crippen LogP contribution is 2.32. The molecule has 4 rings (SSSR count). The number of pyridine rings is 2. The first-order valence-electron chi connectivity index (χ1n) is 11.2. The highest BCUT2D eigenvalue weighted by molar-refractivity contribution is 5.84. The van der Waals surface area contributed by atoms with Crippen molar-refractivity contribution in [1.29, 1.82) is 0 Å². The summed E-state index contributed by atoms with van der Waals surface area (Å²) >= 11 is 0. The Morgan fingerprint density at radius 3 is 2.65 bits per heavy atom. The van der Waals surface area contributed by atoms with Crippen molar-refractivity contribution in [3.63, 3.8) is 0 Å². The van der Waals surface area contributed by atoms with Crippen LogP contribution in [0.25, 0.3) is 11.0 Å². The summed E-state index contributed by atoms with van der Waals surface area (Å²) in [5.41, 5.74) is 3.29. The van der Waals surface area contributed by atoms with Gasteiger partial charge in [-0.3, -0.25) is 14.3 Å². The summed E-state index contributed by atoms with van der Waals surface area (Å²) < 4.78 is 13.7. The van der Waals surface area contributed by atoms with E-state index < -0.39 is 0 Å². The van der Waals surface area contributed by atoms with Crippen molar-refractivity contribution in [3.8, 4) is 11.8 Å². The molecule has 0 N–H and O–H groups in total. The molecule has 0 fully saturated rings. The van der Waals surface area contributed by atoms with Crippen LogP contribution < -0.4 is 14.5 Å². The van der Waals surface area contributed by atoms with E-state index in [1.165, 1.54) is 0 Å². The average Bonchev–Trinajstić information content (AvgIpc) is 3.22. The van der Waals surface area contributed by atoms with Crippen molar-refractivity contribution in [2.24, 2.45) is 0 Å². The Kier molecular flexibility index (Phi) is 7.34. The molecule has 9 heteroatoms. The quantitative estimate of drug-likeness (QED) is 0.236. The number of hydrogen-bond donors (Lipinski definition) is 0. The maximum Gasteiger partial charge on any atom is 0.304 e. The van der Waals surface area contributed by atoms with Gasteiger partial charge in [0.15, 0.2) is 5.82 Å². The largest absolute Gasteiger partial charge is 0.425 e. The maximum absolute atomic E-state index is 11.5. The summed E-state index contributed by atoms with van der Waals surface area (Å²) in [5, 5.41) is 0. The number of carbonyl (C=O) groups is 1. The van der Waals surface area contributed by atoms with Crippen LogP contribution >= 0.6 is 0 Å². The maximum atomic E-state index is 11.5. The van der Waals surface area contributed by atoms with Crippen LogP contribution in [0, 0.1) is 0 Å². The number of fused-ring (bicyclic) bond motifs is 1. The fourth-order valence-corrected chi connectivity index (χ4v) is 3.59. The van der Waals surface area contributed by atoms with Gasteiger partial charge in [-0.1, -0.05) is 6.92 Å². The number of ether oxygens (including phenoxy) is 2. The molecule has 34 heavy (non-hydrogen) atoms. The predicted octanol–water partition coefficient (Wildman–Crippen LogP) is 4.75. The van der Waals surface area contributed by atoms with E-state index in [1.807, 2.05) is 65.9 Å². The molecule has 0 radical (unpaired) electrons. The third kappa shape index (κ3) is 4.84. The number of benzene rings is 1. The van der Waals surface area contributed by atoms with E-state index in [4.69, 9.17) is 9.47 Å². The molecule has 176 valence electrons. The highest BCUT2D eigenvalue weighted by Gasteiger charge is 2.16. The minimum atomic E-state index is 0.333. The van der Waals surface area contributed by atoms with Gasteiger partial charge >= 0.3 is 6.01 Å². The van der Waals surface area contributed by atoms with Crippen LogP contribution in [0.15, 0.2) is 61.1 Å². The van der Waals surface area contributed by atoms with E-state index in [2.05, 4.69) is 21.9 Å². The number of aromatic nitrogens is 4. The standard InChI is InChI=1S/C25H28N6O3/c1-4-15-33-18-31-23-16-26-14-12-21(23)28-25(31)34-20-10-8-19(9-11-20)29(3)24-22(7-6-13-27-24)30(5-2)17-32/h6-14,16-17H,4-5,15,18H2,1-3H3. The number of imidazole rings is 1. The number of rotatable bonds is 11. The summed E-state index contributed by atoms with van der Waals surface area (Å²) in [4.78, 5) is 28.3. The molecule has 0 saturated carbocycles. The molecule has 4 aromatic rings. The van der Waals surface area contributed by atoms with Crippen molar-refractivity contribution in [2.45, 2.75) is 27.0 Å². The topological polar surface area (TPSA) is 85.6 Å². The zero-order chi connectivity index (χ0) is 23.9. The van der Waals surface area contributed by atoms with Crippen molar-refractivity contribution in [1.82, 2.24) is 19.5 Å². The van der Waals surface area contributed by atoms with Gasteiger partial charge in [0.2, 0.25) is 6.41 Å². The van der Waals surface area contributed by atoms with E-state index in [1.54, 1.807) is 23.5 Å². The molecule has 1 amide bonds. The molecule has 0 spiro atoms. The fourth-order valence-electron chi connectivity index (χ4n) is 3.59. The second-order valence-electron chi connectivity index (χ2n) is 7.62. The lowest BCUT2D eigenvalue weighted by Gasteiger charge is -2.25. The van der Waals surface area contributed by atoms with E-state index in [9.17, 15) is 4.79 Å². The number of amides is 1. The first-order valence-corrected chi connectivity index (χ1v) is 11.2. The van der Waals surface area contributed by atoms with Gasteiger partial charge in [0, 0.05) is 38.3 Å². The van der Waals surface area contributed by atoms with Crippen LogP contribution in [0.1, 0.15) is 20.3 Å². The van der Waals surface area contributed by atoms with Gasteiger partial charge in [0.1, 0.15) is 12.5 Å². The van der Waals surface area contributed by atoms with E-state index >= 15 is 0 Å². The molecule has 9 nitrogen and oxygen atoms in total. The van der Waals surface area contributed by atoms with Crippen molar-refractivity contribution < 1.29 is 14.3 Å². The molecule has 0 unspecified atom stereocenters. The van der Waals surface area contributed by atoms with Gasteiger partial charge in [0.05, 0.1) is 22.9 Å². The number of nitrogens with zero attached hydrogens (tertiary/aromatic N) is 6. The summed E-state index contributed by atoms with van der Waals surface area (Å²) in [6.45, 7) is 5.53. The van der Waals surface area contributed by atoms with Crippen molar-refractivity contribution >= 4 is 34.6 Å². The molecule has 3 aromatic heterocycles. The lowest BCUT2D eigenvalue weighted by atomic mass is 10.2. The van der Waals surface area contributed by atoms with Gasteiger partial charge in [0.25, 0.3) is 0 Å². The molecule has 0 bridgehead atoms. The molecule has 0 aliphatic heterocycles. The summed E-state index contributed by atoms with van der Waals surface area (Å²) in [6, 6.07) is 13.6. The third-order valence-electron chi connectivity index (χ3n) is 5.38. The lowest BCUT2D eigenvalue weighted by Crippen LogP contribution is -2.23. The Labute approximate surface area is 198 Å². The molecule has 1 aromatic carbocycles. The minimum Gasteiger partial charge on any atom is -0.425 e. The minimum absolute atomic E-state index is 0.333. The zero-order valence-corrected chi connectivity index (χ0v) is 19.6. The Bertz CT molecular complexity index is 1240. The second-order valence-corrected chi connectivity index (χ2v) is 7.62. The van der Waals surface area contributed by atoms with Gasteiger partial charge in [-0.05, 0) is 55.8 Å². The SMILES string of the molecule is CCCOCn1c(Oc2ccc(N(C)c3ncccc3N(C=O)CC)cc2)nc2ccncc21. The van der Waals surface area contributed by atoms with Gasteiger partial charge in [-0.25, -0.2) is 4.98 Å². The van der Waals surface area contributed by atoms with Crippen molar-refractivity contribution in [3.05, 3.63) is 61.1 Å². The van der Waals surface area contributed by atoms with Gasteiger partial charge in [-0.15, -0.1) is 0 Å². The predicted molar refractivity (Wildman–Crippen MR) is 132 cm³/mol. The first kappa shape index (κ1) is 23.2. The van der Waals surface area contributed by atoms with Crippen LogP contribution in [-0.2, 0) is 16.3 Å². The van der Waals surface area contributed by atoms with Crippen LogP contribution in [-0.4, -0.2) is 46.1 Å². The Balaban J connectivity index is 1.57. The van der Waals surface area contributed by atoms with E-state index in [-0.39, 0.29) is 0 Å². The Hall–Kier alpha value is -3.98. The molecule has 0 aliphatic carbocycles. The fraction of sp³-hybridized carbons (Fsp3) is 0.280. The van der Waals surface area contributed by atoms with E-state index in [0.29, 0.717) is 37.5 Å². The summed E-state index contributed by atoms with van der Waals surface area (Å²) in [7, 11) is 1.91. The zero-order valence-electron chi connectivity index (χ0n) is 19.6. The highest BCUT2D eigenvalue weighted by atomic mass is 16.5. The molecule has 3 heterocycles.